The Morgan fingerprint density at radius 1 is 1.08 bits per heavy atom. The molecule has 26 heavy (non-hydrogen) atoms. The number of guanidine groups is 1. The fraction of sp³-hybridized carbons (Fsp3) is 0.850. The molecule has 2 N–H and O–H groups in total. The second-order valence-electron chi connectivity index (χ2n) is 8.10. The zero-order chi connectivity index (χ0) is 18.2. The molecule has 0 atom stereocenters. The Morgan fingerprint density at radius 3 is 2.46 bits per heavy atom. The molecule has 6 nitrogen and oxygen atoms in total. The third-order valence-corrected chi connectivity index (χ3v) is 5.93. The van der Waals surface area contributed by atoms with Crippen molar-refractivity contribution in [2.45, 2.75) is 96.7 Å². The number of hydrogen-bond acceptors (Lipinski definition) is 3. The Labute approximate surface area is 158 Å². The van der Waals surface area contributed by atoms with Gasteiger partial charge in [0.15, 0.2) is 5.96 Å². The predicted octanol–water partition coefficient (Wildman–Crippen LogP) is 3.29. The average molecular weight is 361 g/mol. The van der Waals surface area contributed by atoms with Gasteiger partial charge in [0.25, 0.3) is 0 Å². The van der Waals surface area contributed by atoms with Crippen LogP contribution < -0.4 is 10.6 Å². The van der Waals surface area contributed by atoms with Crippen LogP contribution in [0.15, 0.2) is 11.3 Å². The summed E-state index contributed by atoms with van der Waals surface area (Å²) in [5, 5.41) is 15.6. The lowest BCUT2D eigenvalue weighted by Crippen LogP contribution is -2.49. The monoisotopic (exact) mass is 360 g/mol. The first kappa shape index (κ1) is 19.2. The van der Waals surface area contributed by atoms with Gasteiger partial charge in [-0.1, -0.05) is 33.1 Å². The maximum atomic E-state index is 4.90. The van der Waals surface area contributed by atoms with Gasteiger partial charge < -0.3 is 15.2 Å². The van der Waals surface area contributed by atoms with Crippen molar-refractivity contribution in [1.82, 2.24) is 25.4 Å². The normalized spacial score (nSPS) is 25.2. The van der Waals surface area contributed by atoms with Crippen LogP contribution in [0.3, 0.4) is 0 Å². The molecular formula is C20H36N6. The van der Waals surface area contributed by atoms with Gasteiger partial charge in [-0.2, -0.15) is 0 Å². The van der Waals surface area contributed by atoms with Crippen molar-refractivity contribution in [3.05, 3.63) is 12.2 Å². The Kier molecular flexibility index (Phi) is 7.32. The molecule has 0 spiro atoms. The van der Waals surface area contributed by atoms with E-state index < -0.39 is 0 Å². The highest BCUT2D eigenvalue weighted by molar-refractivity contribution is 5.80. The third-order valence-electron chi connectivity index (χ3n) is 5.93. The minimum atomic E-state index is 0.571. The molecule has 0 aliphatic heterocycles. The van der Waals surface area contributed by atoms with Crippen LogP contribution in [0.5, 0.6) is 0 Å². The summed E-state index contributed by atoms with van der Waals surface area (Å²) >= 11 is 0. The minimum Gasteiger partial charge on any atom is -0.354 e. The highest BCUT2D eigenvalue weighted by atomic mass is 15.3. The Morgan fingerprint density at radius 2 is 1.77 bits per heavy atom. The van der Waals surface area contributed by atoms with E-state index in [1.807, 2.05) is 6.33 Å². The summed E-state index contributed by atoms with van der Waals surface area (Å²) in [7, 11) is 0. The molecule has 0 radical (unpaired) electrons. The molecule has 146 valence electrons. The molecule has 3 rings (SSSR count). The van der Waals surface area contributed by atoms with Crippen molar-refractivity contribution >= 4 is 5.96 Å². The fourth-order valence-electron chi connectivity index (χ4n) is 4.18. The van der Waals surface area contributed by atoms with E-state index >= 15 is 0 Å². The number of aryl methyl sites for hydroxylation is 1. The van der Waals surface area contributed by atoms with Crippen molar-refractivity contribution in [3.63, 3.8) is 0 Å². The van der Waals surface area contributed by atoms with Gasteiger partial charge in [-0.05, 0) is 44.4 Å². The molecular weight excluding hydrogens is 324 g/mol. The van der Waals surface area contributed by atoms with Crippen LogP contribution in [0.1, 0.15) is 77.5 Å². The van der Waals surface area contributed by atoms with Crippen LogP contribution in [0.2, 0.25) is 0 Å². The van der Waals surface area contributed by atoms with Gasteiger partial charge >= 0.3 is 0 Å². The maximum Gasteiger partial charge on any atom is 0.191 e. The van der Waals surface area contributed by atoms with Crippen molar-refractivity contribution in [2.24, 2.45) is 10.9 Å². The number of rotatable bonds is 6. The second kappa shape index (κ2) is 9.93. The van der Waals surface area contributed by atoms with Crippen molar-refractivity contribution in [3.8, 4) is 0 Å². The molecule has 0 aromatic carbocycles. The topological polar surface area (TPSA) is 67.1 Å². The van der Waals surface area contributed by atoms with Crippen molar-refractivity contribution in [2.75, 3.05) is 6.54 Å². The van der Waals surface area contributed by atoms with Gasteiger partial charge in [-0.25, -0.2) is 0 Å². The summed E-state index contributed by atoms with van der Waals surface area (Å²) in [6.45, 7) is 6.09. The largest absolute Gasteiger partial charge is 0.354 e. The fourth-order valence-corrected chi connectivity index (χ4v) is 4.18. The molecule has 2 saturated carbocycles. The Balaban J connectivity index is 1.57. The molecule has 1 aromatic heterocycles. The van der Waals surface area contributed by atoms with Crippen LogP contribution in [0, 0.1) is 5.92 Å². The van der Waals surface area contributed by atoms with Crippen LogP contribution in [-0.4, -0.2) is 39.4 Å². The lowest BCUT2D eigenvalue weighted by atomic mass is 9.87. The maximum absolute atomic E-state index is 4.90. The number of aliphatic imine (C=N–C) groups is 1. The average Bonchev–Trinajstić information content (AvgIpc) is 3.12. The highest BCUT2D eigenvalue weighted by Gasteiger charge is 2.21. The SMILES string of the molecule is CCc1nncn1CCN=C(NC1CCCCC1)NC1CCC(C)CC1. The zero-order valence-electron chi connectivity index (χ0n) is 16.6. The first-order valence-corrected chi connectivity index (χ1v) is 10.7. The van der Waals surface area contributed by atoms with E-state index in [0.29, 0.717) is 12.1 Å². The molecule has 0 amide bonds. The van der Waals surface area contributed by atoms with Gasteiger partial charge in [-0.3, -0.25) is 4.99 Å². The van der Waals surface area contributed by atoms with E-state index in [1.165, 1.54) is 57.8 Å². The third kappa shape index (κ3) is 5.71. The first-order chi connectivity index (χ1) is 12.7. The number of nitrogens with one attached hydrogen (secondary N) is 2. The van der Waals surface area contributed by atoms with E-state index in [2.05, 4.69) is 39.2 Å². The summed E-state index contributed by atoms with van der Waals surface area (Å²) in [6.07, 6.45) is 14.5. The molecule has 2 fully saturated rings. The van der Waals surface area contributed by atoms with E-state index in [-0.39, 0.29) is 0 Å². The number of nitrogens with zero attached hydrogens (tertiary/aromatic N) is 4. The van der Waals surface area contributed by atoms with Crippen LogP contribution in [0.4, 0.5) is 0 Å². The summed E-state index contributed by atoms with van der Waals surface area (Å²) in [5.74, 6) is 2.93. The van der Waals surface area contributed by atoms with E-state index in [4.69, 9.17) is 4.99 Å². The Bertz CT molecular complexity index is 552. The number of hydrogen-bond donors (Lipinski definition) is 2. The Hall–Kier alpha value is -1.59. The molecule has 2 aliphatic rings. The van der Waals surface area contributed by atoms with Gasteiger partial charge in [0, 0.05) is 25.0 Å². The van der Waals surface area contributed by atoms with Crippen molar-refractivity contribution < 1.29 is 0 Å². The van der Waals surface area contributed by atoms with E-state index in [1.54, 1.807) is 0 Å². The molecule has 0 saturated heterocycles. The first-order valence-electron chi connectivity index (χ1n) is 10.7. The predicted molar refractivity (Wildman–Crippen MR) is 106 cm³/mol. The molecule has 0 bridgehead atoms. The van der Waals surface area contributed by atoms with Crippen LogP contribution in [0.25, 0.3) is 0 Å². The van der Waals surface area contributed by atoms with Crippen molar-refractivity contribution in [1.29, 1.82) is 0 Å². The lowest BCUT2D eigenvalue weighted by Gasteiger charge is -2.31. The minimum absolute atomic E-state index is 0.571. The van der Waals surface area contributed by atoms with Crippen LogP contribution >= 0.6 is 0 Å². The summed E-state index contributed by atoms with van der Waals surface area (Å²) < 4.78 is 2.12. The molecule has 1 heterocycles. The highest BCUT2D eigenvalue weighted by Crippen LogP contribution is 2.23. The van der Waals surface area contributed by atoms with Gasteiger partial charge in [-0.15, -0.1) is 10.2 Å². The van der Waals surface area contributed by atoms with E-state index in [9.17, 15) is 0 Å². The van der Waals surface area contributed by atoms with E-state index in [0.717, 1.165) is 37.2 Å². The summed E-state index contributed by atoms with van der Waals surface area (Å²) in [6, 6.07) is 1.15. The van der Waals surface area contributed by atoms with Gasteiger partial charge in [0.2, 0.25) is 0 Å². The smallest absolute Gasteiger partial charge is 0.191 e. The van der Waals surface area contributed by atoms with Gasteiger partial charge in [0.1, 0.15) is 12.2 Å². The molecule has 0 unspecified atom stereocenters. The quantitative estimate of drug-likeness (QED) is 0.603. The lowest BCUT2D eigenvalue weighted by molar-refractivity contribution is 0.326. The second-order valence-corrected chi connectivity index (χ2v) is 8.10. The number of aromatic nitrogens is 3. The van der Waals surface area contributed by atoms with Crippen LogP contribution in [-0.2, 0) is 13.0 Å². The molecule has 6 heteroatoms. The summed E-state index contributed by atoms with van der Waals surface area (Å²) in [5.41, 5.74) is 0. The standard InChI is InChI=1S/C20H36N6/c1-3-19-25-22-15-26(19)14-13-21-20(23-17-7-5-4-6-8-17)24-18-11-9-16(2)10-12-18/h15-18H,3-14H2,1-2H3,(H2,21,23,24). The summed E-state index contributed by atoms with van der Waals surface area (Å²) in [4.78, 5) is 4.90. The molecule has 2 aliphatic carbocycles. The molecule has 1 aromatic rings. The van der Waals surface area contributed by atoms with Gasteiger partial charge in [0.05, 0.1) is 6.54 Å². The zero-order valence-corrected chi connectivity index (χ0v) is 16.6.